The molecular formula is C18H15ClF3N5O2. The lowest BCUT2D eigenvalue weighted by Crippen LogP contribution is -2.35. The molecular weight excluding hydrogens is 411 g/mol. The first-order chi connectivity index (χ1) is 13.7. The van der Waals surface area contributed by atoms with Crippen LogP contribution in [0, 0.1) is 6.92 Å². The van der Waals surface area contributed by atoms with Gasteiger partial charge in [0, 0.05) is 23.6 Å². The zero-order valence-corrected chi connectivity index (χ0v) is 15.8. The summed E-state index contributed by atoms with van der Waals surface area (Å²) >= 11 is 5.87. The predicted octanol–water partition coefficient (Wildman–Crippen LogP) is 4.75. The second kappa shape index (κ2) is 7.11. The Labute approximate surface area is 167 Å². The van der Waals surface area contributed by atoms with Crippen molar-refractivity contribution in [2.45, 2.75) is 31.6 Å². The summed E-state index contributed by atoms with van der Waals surface area (Å²) in [6, 6.07) is 6.84. The minimum Gasteiger partial charge on any atom is -0.363 e. The number of rotatable bonds is 3. The zero-order chi connectivity index (χ0) is 20.8. The van der Waals surface area contributed by atoms with Crippen LogP contribution in [0.3, 0.4) is 0 Å². The first-order valence-electron chi connectivity index (χ1n) is 8.63. The number of aromatic nitrogens is 3. The van der Waals surface area contributed by atoms with Crippen LogP contribution in [0.4, 0.5) is 24.8 Å². The highest BCUT2D eigenvalue weighted by Gasteiger charge is 2.46. The Morgan fingerprint density at radius 2 is 2.03 bits per heavy atom. The first-order valence-corrected chi connectivity index (χ1v) is 9.01. The van der Waals surface area contributed by atoms with Crippen molar-refractivity contribution < 1.29 is 22.5 Å². The Balaban J connectivity index is 1.64. The second-order valence-corrected chi connectivity index (χ2v) is 7.11. The Morgan fingerprint density at radius 3 is 2.66 bits per heavy atom. The summed E-state index contributed by atoms with van der Waals surface area (Å²) in [5.74, 6) is 0.0397. The normalized spacial score (nSPS) is 18.8. The van der Waals surface area contributed by atoms with Crippen LogP contribution >= 0.6 is 11.6 Å². The average Bonchev–Trinajstić information content (AvgIpc) is 3.26. The number of halogens is 4. The fourth-order valence-electron chi connectivity index (χ4n) is 3.20. The van der Waals surface area contributed by atoms with Gasteiger partial charge in [-0.25, -0.2) is 4.68 Å². The SMILES string of the molecule is Cc1cc(NC(=O)c2cc3n(n2)[C@H](C(F)(F)F)C[C@H](c2ccc(Cl)cc2)N3)no1. The minimum atomic E-state index is -4.54. The quantitative estimate of drug-likeness (QED) is 0.632. The summed E-state index contributed by atoms with van der Waals surface area (Å²) in [6.45, 7) is 1.65. The minimum absolute atomic E-state index is 0.0972. The number of benzene rings is 1. The molecule has 1 aliphatic heterocycles. The number of fused-ring (bicyclic) bond motifs is 1. The molecule has 7 nitrogen and oxygen atoms in total. The van der Waals surface area contributed by atoms with Crippen LogP contribution in [0.5, 0.6) is 0 Å². The van der Waals surface area contributed by atoms with E-state index in [-0.39, 0.29) is 23.8 Å². The first kappa shape index (κ1) is 19.3. The molecule has 4 rings (SSSR count). The van der Waals surface area contributed by atoms with Gasteiger partial charge >= 0.3 is 6.18 Å². The van der Waals surface area contributed by atoms with Gasteiger partial charge in [-0.15, -0.1) is 0 Å². The molecule has 2 aromatic heterocycles. The molecule has 11 heteroatoms. The summed E-state index contributed by atoms with van der Waals surface area (Å²) < 4.78 is 46.8. The topological polar surface area (TPSA) is 85.0 Å². The molecule has 0 spiro atoms. The molecule has 152 valence electrons. The lowest BCUT2D eigenvalue weighted by Gasteiger charge is -2.33. The van der Waals surface area contributed by atoms with Crippen LogP contribution in [-0.4, -0.2) is 27.0 Å². The summed E-state index contributed by atoms with van der Waals surface area (Å²) in [5.41, 5.74) is 0.485. The fourth-order valence-corrected chi connectivity index (χ4v) is 3.33. The molecule has 0 bridgehead atoms. The van der Waals surface area contributed by atoms with Gasteiger partial charge in [-0.05, 0) is 24.6 Å². The van der Waals surface area contributed by atoms with Crippen molar-refractivity contribution in [1.29, 1.82) is 0 Å². The van der Waals surface area contributed by atoms with Crippen molar-refractivity contribution in [3.05, 3.63) is 58.4 Å². The van der Waals surface area contributed by atoms with Gasteiger partial charge in [-0.1, -0.05) is 28.9 Å². The number of carbonyl (C=O) groups is 1. The maximum atomic E-state index is 13.7. The van der Waals surface area contributed by atoms with Crippen LogP contribution in [-0.2, 0) is 0 Å². The van der Waals surface area contributed by atoms with Gasteiger partial charge < -0.3 is 15.2 Å². The van der Waals surface area contributed by atoms with Crippen LogP contribution in [0.25, 0.3) is 0 Å². The van der Waals surface area contributed by atoms with Gasteiger partial charge in [0.15, 0.2) is 17.6 Å². The number of alkyl halides is 3. The maximum absolute atomic E-state index is 13.7. The van der Waals surface area contributed by atoms with Crippen LogP contribution in [0.15, 0.2) is 40.9 Å². The molecule has 0 aliphatic carbocycles. The largest absolute Gasteiger partial charge is 0.410 e. The molecule has 1 amide bonds. The van der Waals surface area contributed by atoms with Crippen molar-refractivity contribution in [3.63, 3.8) is 0 Å². The van der Waals surface area contributed by atoms with E-state index in [4.69, 9.17) is 16.1 Å². The van der Waals surface area contributed by atoms with Gasteiger partial charge in [0.2, 0.25) is 0 Å². The lowest BCUT2D eigenvalue weighted by molar-refractivity contribution is -0.173. The fraction of sp³-hybridized carbons (Fsp3) is 0.278. The van der Waals surface area contributed by atoms with E-state index >= 15 is 0 Å². The van der Waals surface area contributed by atoms with E-state index in [1.807, 2.05) is 0 Å². The second-order valence-electron chi connectivity index (χ2n) is 6.68. The van der Waals surface area contributed by atoms with Crippen LogP contribution in [0.2, 0.25) is 5.02 Å². The molecule has 29 heavy (non-hydrogen) atoms. The third kappa shape index (κ3) is 3.93. The van der Waals surface area contributed by atoms with Crippen molar-refractivity contribution in [2.75, 3.05) is 10.6 Å². The molecule has 0 saturated carbocycles. The summed E-state index contributed by atoms with van der Waals surface area (Å²) in [5, 5.41) is 13.5. The Morgan fingerprint density at radius 1 is 1.31 bits per heavy atom. The number of hydrogen-bond donors (Lipinski definition) is 2. The highest BCUT2D eigenvalue weighted by atomic mass is 35.5. The van der Waals surface area contributed by atoms with Gasteiger partial charge in [0.25, 0.3) is 5.91 Å². The number of carbonyl (C=O) groups excluding carboxylic acids is 1. The monoisotopic (exact) mass is 425 g/mol. The molecule has 2 N–H and O–H groups in total. The highest BCUT2D eigenvalue weighted by Crippen LogP contribution is 2.43. The van der Waals surface area contributed by atoms with Crippen molar-refractivity contribution in [3.8, 4) is 0 Å². The van der Waals surface area contributed by atoms with Crippen molar-refractivity contribution >= 4 is 29.1 Å². The molecule has 3 heterocycles. The molecule has 1 aromatic carbocycles. The van der Waals surface area contributed by atoms with Gasteiger partial charge in [-0.3, -0.25) is 4.79 Å². The van der Waals surface area contributed by atoms with E-state index in [1.54, 1.807) is 31.2 Å². The number of aryl methyl sites for hydroxylation is 1. The standard InChI is InChI=1S/C18H15ClF3N5O2/c1-9-6-15(26-29-9)24-17(28)13-8-16-23-12(10-2-4-11(19)5-3-10)7-14(18(20,21)22)27(16)25-13/h2-6,8,12,14,23H,7H2,1H3,(H,24,26,28)/t12-,14+/m1/s1. The number of hydrogen-bond acceptors (Lipinski definition) is 5. The van der Waals surface area contributed by atoms with E-state index in [0.717, 1.165) is 4.68 Å². The molecule has 0 unspecified atom stereocenters. The maximum Gasteiger partial charge on any atom is 0.410 e. The summed E-state index contributed by atoms with van der Waals surface area (Å²) in [6.07, 6.45) is -4.81. The zero-order valence-electron chi connectivity index (χ0n) is 15.0. The number of nitrogens with zero attached hydrogens (tertiary/aromatic N) is 3. The summed E-state index contributed by atoms with van der Waals surface area (Å²) in [7, 11) is 0. The van der Waals surface area contributed by atoms with Crippen molar-refractivity contribution in [2.24, 2.45) is 0 Å². The smallest absolute Gasteiger partial charge is 0.363 e. The Kier molecular flexibility index (Phi) is 4.73. The van der Waals surface area contributed by atoms with Gasteiger partial charge in [-0.2, -0.15) is 18.3 Å². The van der Waals surface area contributed by atoms with Gasteiger partial charge in [0.05, 0.1) is 6.04 Å². The Bertz CT molecular complexity index is 1040. The molecule has 0 fully saturated rings. The van der Waals surface area contributed by atoms with E-state index < -0.39 is 24.2 Å². The summed E-state index contributed by atoms with van der Waals surface area (Å²) in [4.78, 5) is 12.4. The number of anilines is 2. The van der Waals surface area contributed by atoms with E-state index in [2.05, 4.69) is 20.9 Å². The predicted molar refractivity (Wildman–Crippen MR) is 98.9 cm³/mol. The lowest BCUT2D eigenvalue weighted by atomic mass is 9.97. The van der Waals surface area contributed by atoms with Crippen LogP contribution < -0.4 is 10.6 Å². The average molecular weight is 426 g/mol. The van der Waals surface area contributed by atoms with E-state index in [1.165, 1.54) is 12.1 Å². The highest BCUT2D eigenvalue weighted by molar-refractivity contribution is 6.30. The van der Waals surface area contributed by atoms with Crippen LogP contribution in [0.1, 0.15) is 40.3 Å². The number of nitrogens with one attached hydrogen (secondary N) is 2. The molecule has 0 saturated heterocycles. The Hall–Kier alpha value is -3.01. The van der Waals surface area contributed by atoms with Gasteiger partial charge in [0.1, 0.15) is 11.6 Å². The van der Waals surface area contributed by atoms with E-state index in [9.17, 15) is 18.0 Å². The van der Waals surface area contributed by atoms with Crippen molar-refractivity contribution in [1.82, 2.24) is 14.9 Å². The molecule has 1 aliphatic rings. The molecule has 0 radical (unpaired) electrons. The third-order valence-corrected chi connectivity index (χ3v) is 4.82. The molecule has 3 aromatic rings. The number of amides is 1. The molecule has 2 atom stereocenters. The van der Waals surface area contributed by atoms with E-state index in [0.29, 0.717) is 16.3 Å². The third-order valence-electron chi connectivity index (χ3n) is 4.56.